The number of imidazole rings is 1. The van der Waals surface area contributed by atoms with Crippen LogP contribution in [0, 0.1) is 6.92 Å². The summed E-state index contributed by atoms with van der Waals surface area (Å²) in [5.74, 6) is 1.40. The number of aryl methyl sites for hydroxylation is 3. The molecule has 3 heterocycles. The highest BCUT2D eigenvalue weighted by molar-refractivity contribution is 5.70. The molecular formula is C24H21F3N4O. The third-order valence-electron chi connectivity index (χ3n) is 5.14. The molecule has 8 heteroatoms. The minimum absolute atomic E-state index is 0.523. The summed E-state index contributed by atoms with van der Waals surface area (Å²) in [5, 5.41) is 0. The molecule has 0 bridgehead atoms. The van der Waals surface area contributed by atoms with Gasteiger partial charge in [-0.05, 0) is 61.7 Å². The van der Waals surface area contributed by atoms with E-state index in [1.165, 1.54) is 6.07 Å². The summed E-state index contributed by atoms with van der Waals surface area (Å²) in [6.45, 7) is 1.93. The van der Waals surface area contributed by atoms with E-state index in [0.717, 1.165) is 40.3 Å². The van der Waals surface area contributed by atoms with Crippen molar-refractivity contribution in [1.82, 2.24) is 19.9 Å². The lowest BCUT2D eigenvalue weighted by Gasteiger charge is -2.10. The number of pyridine rings is 2. The predicted molar refractivity (Wildman–Crippen MR) is 115 cm³/mol. The molecule has 0 amide bonds. The Hall–Kier alpha value is -3.68. The smallest absolute Gasteiger partial charge is 0.417 e. The van der Waals surface area contributed by atoms with Gasteiger partial charge in [0.05, 0.1) is 24.6 Å². The fourth-order valence-corrected chi connectivity index (χ4v) is 3.34. The van der Waals surface area contributed by atoms with Crippen LogP contribution in [0.2, 0.25) is 0 Å². The maximum Gasteiger partial charge on any atom is 0.417 e. The van der Waals surface area contributed by atoms with Gasteiger partial charge in [-0.25, -0.2) is 4.98 Å². The van der Waals surface area contributed by atoms with E-state index in [9.17, 15) is 13.2 Å². The van der Waals surface area contributed by atoms with E-state index in [0.29, 0.717) is 30.1 Å². The number of halogens is 3. The van der Waals surface area contributed by atoms with Crippen molar-refractivity contribution in [1.29, 1.82) is 0 Å². The Morgan fingerprint density at radius 3 is 2.41 bits per heavy atom. The SMILES string of the molecule is COc1cc(CCc2ccc(C(F)(F)F)cn2)ccc1-c1cnc(-c2ccc(C)nc2)[nH]1. The molecule has 5 nitrogen and oxygen atoms in total. The molecular weight excluding hydrogens is 417 g/mol. The van der Waals surface area contributed by atoms with Gasteiger partial charge in [-0.1, -0.05) is 6.07 Å². The van der Waals surface area contributed by atoms with Gasteiger partial charge < -0.3 is 9.72 Å². The van der Waals surface area contributed by atoms with Crippen LogP contribution in [0.15, 0.2) is 61.1 Å². The third kappa shape index (κ3) is 4.80. The van der Waals surface area contributed by atoms with Crippen LogP contribution in [0.25, 0.3) is 22.6 Å². The van der Waals surface area contributed by atoms with Gasteiger partial charge in [0, 0.05) is 34.9 Å². The second kappa shape index (κ2) is 8.82. The monoisotopic (exact) mass is 438 g/mol. The number of rotatable bonds is 6. The van der Waals surface area contributed by atoms with E-state index < -0.39 is 11.7 Å². The largest absolute Gasteiger partial charge is 0.496 e. The fourth-order valence-electron chi connectivity index (χ4n) is 3.34. The van der Waals surface area contributed by atoms with Crippen LogP contribution in [0.1, 0.15) is 22.5 Å². The Kier molecular flexibility index (Phi) is 5.94. The maximum absolute atomic E-state index is 12.7. The number of nitrogens with one attached hydrogen (secondary N) is 1. The number of alkyl halides is 3. The number of hydrogen-bond acceptors (Lipinski definition) is 4. The normalized spacial score (nSPS) is 11.5. The van der Waals surface area contributed by atoms with E-state index in [4.69, 9.17) is 4.74 Å². The Morgan fingerprint density at radius 1 is 0.906 bits per heavy atom. The van der Waals surface area contributed by atoms with Gasteiger partial charge in [0.25, 0.3) is 0 Å². The lowest BCUT2D eigenvalue weighted by atomic mass is 10.0. The molecule has 0 atom stereocenters. The molecule has 0 aliphatic carbocycles. The van der Waals surface area contributed by atoms with E-state index >= 15 is 0 Å². The first-order valence-electron chi connectivity index (χ1n) is 10.0. The van der Waals surface area contributed by atoms with Crippen molar-refractivity contribution in [2.75, 3.05) is 7.11 Å². The van der Waals surface area contributed by atoms with Gasteiger partial charge in [-0.2, -0.15) is 13.2 Å². The first-order valence-corrected chi connectivity index (χ1v) is 10.0. The van der Waals surface area contributed by atoms with Crippen molar-refractivity contribution in [2.45, 2.75) is 25.9 Å². The van der Waals surface area contributed by atoms with Gasteiger partial charge >= 0.3 is 6.18 Å². The number of H-pyrrole nitrogens is 1. The molecule has 1 N–H and O–H groups in total. The van der Waals surface area contributed by atoms with Crippen LogP contribution in [-0.2, 0) is 19.0 Å². The van der Waals surface area contributed by atoms with Gasteiger partial charge in [-0.3, -0.25) is 9.97 Å². The molecule has 4 aromatic rings. The van der Waals surface area contributed by atoms with Crippen molar-refractivity contribution >= 4 is 0 Å². The minimum Gasteiger partial charge on any atom is -0.496 e. The molecule has 0 saturated heterocycles. The van der Waals surface area contributed by atoms with Crippen LogP contribution in [0.4, 0.5) is 13.2 Å². The topological polar surface area (TPSA) is 63.7 Å². The van der Waals surface area contributed by atoms with Crippen LogP contribution >= 0.6 is 0 Å². The molecule has 1 aromatic carbocycles. The molecule has 4 rings (SSSR count). The molecule has 164 valence electrons. The van der Waals surface area contributed by atoms with Crippen molar-refractivity contribution in [2.24, 2.45) is 0 Å². The molecule has 3 aromatic heterocycles. The van der Waals surface area contributed by atoms with Crippen LogP contribution in [0.3, 0.4) is 0 Å². The number of aromatic amines is 1. The number of aromatic nitrogens is 4. The second-order valence-electron chi connectivity index (χ2n) is 7.40. The highest BCUT2D eigenvalue weighted by Crippen LogP contribution is 2.32. The van der Waals surface area contributed by atoms with Crippen molar-refractivity contribution in [3.8, 4) is 28.4 Å². The van der Waals surface area contributed by atoms with Crippen LogP contribution in [0.5, 0.6) is 5.75 Å². The number of nitrogens with zero attached hydrogens (tertiary/aromatic N) is 3. The maximum atomic E-state index is 12.7. The van der Waals surface area contributed by atoms with E-state index in [-0.39, 0.29) is 0 Å². The predicted octanol–water partition coefficient (Wildman–Crippen LogP) is 5.65. The van der Waals surface area contributed by atoms with Crippen molar-refractivity contribution in [3.05, 3.63) is 83.6 Å². The third-order valence-corrected chi connectivity index (χ3v) is 5.14. The fraction of sp³-hybridized carbons (Fsp3) is 0.208. The minimum atomic E-state index is -4.38. The molecule has 0 aliphatic heterocycles. The highest BCUT2D eigenvalue weighted by atomic mass is 19.4. The molecule has 0 spiro atoms. The first kappa shape index (κ1) is 21.5. The molecule has 0 fully saturated rings. The number of ether oxygens (including phenoxy) is 1. The Morgan fingerprint density at radius 2 is 1.75 bits per heavy atom. The Labute approximate surface area is 183 Å². The summed E-state index contributed by atoms with van der Waals surface area (Å²) in [6.07, 6.45) is 1.16. The van der Waals surface area contributed by atoms with E-state index in [1.807, 2.05) is 37.3 Å². The summed E-state index contributed by atoms with van der Waals surface area (Å²) < 4.78 is 43.6. The number of benzene rings is 1. The quantitative estimate of drug-likeness (QED) is 0.422. The Bertz CT molecular complexity index is 1200. The number of hydrogen-bond donors (Lipinski definition) is 1. The van der Waals surface area contributed by atoms with Gasteiger partial charge in [0.15, 0.2) is 0 Å². The van der Waals surface area contributed by atoms with Crippen LogP contribution in [-0.4, -0.2) is 27.0 Å². The number of methoxy groups -OCH3 is 1. The van der Waals surface area contributed by atoms with E-state index in [2.05, 4.69) is 19.9 Å². The van der Waals surface area contributed by atoms with Gasteiger partial charge in [0.1, 0.15) is 11.6 Å². The Balaban J connectivity index is 1.49. The van der Waals surface area contributed by atoms with Gasteiger partial charge in [-0.15, -0.1) is 0 Å². The summed E-state index contributed by atoms with van der Waals surface area (Å²) in [4.78, 5) is 16.0. The zero-order valence-electron chi connectivity index (χ0n) is 17.6. The standard InChI is InChI=1S/C24H21F3N4O/c1-15-3-6-17(12-28-15)23-30-14-21(31-23)20-10-5-16(11-22(20)32-2)4-8-19-9-7-18(13-29-19)24(25,26)27/h3,5-7,9-14H,4,8H2,1-2H3,(H,30,31). The zero-order chi connectivity index (χ0) is 22.7. The molecule has 0 unspecified atom stereocenters. The van der Waals surface area contributed by atoms with Crippen molar-refractivity contribution in [3.63, 3.8) is 0 Å². The first-order chi connectivity index (χ1) is 15.3. The lowest BCUT2D eigenvalue weighted by Crippen LogP contribution is -2.06. The second-order valence-corrected chi connectivity index (χ2v) is 7.40. The average Bonchev–Trinajstić information content (AvgIpc) is 3.27. The zero-order valence-corrected chi connectivity index (χ0v) is 17.6. The summed E-state index contributed by atoms with van der Waals surface area (Å²) >= 11 is 0. The molecule has 32 heavy (non-hydrogen) atoms. The summed E-state index contributed by atoms with van der Waals surface area (Å²) in [6, 6.07) is 12.2. The highest BCUT2D eigenvalue weighted by Gasteiger charge is 2.30. The average molecular weight is 438 g/mol. The summed E-state index contributed by atoms with van der Waals surface area (Å²) in [7, 11) is 1.60. The van der Waals surface area contributed by atoms with Crippen LogP contribution < -0.4 is 4.74 Å². The van der Waals surface area contributed by atoms with Gasteiger partial charge in [0.2, 0.25) is 0 Å². The molecule has 0 saturated carbocycles. The lowest BCUT2D eigenvalue weighted by molar-refractivity contribution is -0.137. The van der Waals surface area contributed by atoms with Crippen molar-refractivity contribution < 1.29 is 17.9 Å². The van der Waals surface area contributed by atoms with E-state index in [1.54, 1.807) is 19.5 Å². The summed E-state index contributed by atoms with van der Waals surface area (Å²) in [5.41, 5.74) is 4.36. The molecule has 0 radical (unpaired) electrons. The molecule has 0 aliphatic rings.